The van der Waals surface area contributed by atoms with Gasteiger partial charge in [0.1, 0.15) is 0 Å². The van der Waals surface area contributed by atoms with Crippen molar-refractivity contribution in [2.24, 2.45) is 5.92 Å². The Kier molecular flexibility index (Phi) is 9.14. The molecule has 0 aromatic rings. The van der Waals surface area contributed by atoms with Crippen molar-refractivity contribution in [3.8, 4) is 0 Å². The zero-order chi connectivity index (χ0) is 16.8. The molecule has 1 aliphatic carbocycles. The molecule has 0 amide bonds. The summed E-state index contributed by atoms with van der Waals surface area (Å²) in [5, 5.41) is 0. The summed E-state index contributed by atoms with van der Waals surface area (Å²) in [4.78, 5) is 10.1. The highest BCUT2D eigenvalue weighted by Crippen LogP contribution is 2.29. The van der Waals surface area contributed by atoms with Gasteiger partial charge in [0.05, 0.1) is 13.2 Å². The van der Waals surface area contributed by atoms with E-state index in [0.717, 1.165) is 38.3 Å². The first kappa shape index (κ1) is 21.1. The fourth-order valence-corrected chi connectivity index (χ4v) is 4.00. The largest absolute Gasteiger partial charge is 0.379 e. The van der Waals surface area contributed by atoms with Crippen LogP contribution in [0, 0.1) is 5.92 Å². The maximum absolute atomic E-state index is 5.36. The second-order valence-corrected chi connectivity index (χ2v) is 8.23. The van der Waals surface area contributed by atoms with Gasteiger partial charge < -0.3 is 19.4 Å². The third kappa shape index (κ3) is 7.51. The van der Waals surface area contributed by atoms with Crippen LogP contribution in [0.25, 0.3) is 0 Å². The molecule has 0 aromatic carbocycles. The van der Waals surface area contributed by atoms with Crippen LogP contribution in [0.15, 0.2) is 0 Å². The number of nitrogens with zero attached hydrogens (tertiary/aromatic N) is 4. The van der Waals surface area contributed by atoms with Gasteiger partial charge in [0.25, 0.3) is 0 Å². The molecule has 3 aliphatic heterocycles. The summed E-state index contributed by atoms with van der Waals surface area (Å²) < 4.78 is 5.36. The van der Waals surface area contributed by atoms with E-state index in [1.807, 2.05) is 0 Å². The number of hydrogen-bond donors (Lipinski definition) is 0. The van der Waals surface area contributed by atoms with Crippen molar-refractivity contribution in [3.05, 3.63) is 0 Å². The molecule has 0 unspecified atom stereocenters. The molecule has 0 radical (unpaired) electrons. The highest BCUT2D eigenvalue weighted by Gasteiger charge is 2.25. The van der Waals surface area contributed by atoms with Gasteiger partial charge in [-0.1, -0.05) is 7.43 Å². The van der Waals surface area contributed by atoms with E-state index in [9.17, 15) is 0 Å². The number of rotatable bonds is 3. The SMILES string of the molecule is C.CN1CCC(N2CCOCC2)CC1.CN1CCN(CC2CC2)CC1. The lowest BCUT2D eigenvalue weighted by Crippen LogP contribution is -2.48. The lowest BCUT2D eigenvalue weighted by molar-refractivity contribution is 0.00290. The number of morpholine rings is 1. The average molecular weight is 355 g/mol. The molecule has 4 rings (SSSR count). The Hall–Kier alpha value is -0.200. The fourth-order valence-electron chi connectivity index (χ4n) is 4.00. The Labute approximate surface area is 156 Å². The lowest BCUT2D eigenvalue weighted by Gasteiger charge is -2.39. The summed E-state index contributed by atoms with van der Waals surface area (Å²) >= 11 is 0. The zero-order valence-electron chi connectivity index (χ0n) is 16.0. The van der Waals surface area contributed by atoms with Crippen LogP contribution < -0.4 is 0 Å². The Morgan fingerprint density at radius 1 is 0.720 bits per heavy atom. The number of likely N-dealkylation sites (N-methyl/N-ethyl adjacent to an activating group) is 1. The van der Waals surface area contributed by atoms with Crippen molar-refractivity contribution < 1.29 is 4.74 Å². The smallest absolute Gasteiger partial charge is 0.0594 e. The van der Waals surface area contributed by atoms with E-state index in [0.29, 0.717) is 0 Å². The van der Waals surface area contributed by atoms with Gasteiger partial charge in [0.15, 0.2) is 0 Å². The predicted octanol–water partition coefficient (Wildman–Crippen LogP) is 1.69. The summed E-state index contributed by atoms with van der Waals surface area (Å²) in [6.45, 7) is 13.2. The second kappa shape index (κ2) is 10.8. The molecule has 148 valence electrons. The van der Waals surface area contributed by atoms with Crippen molar-refractivity contribution in [2.75, 3.05) is 86.2 Å². The molecule has 3 saturated heterocycles. The van der Waals surface area contributed by atoms with Gasteiger partial charge in [-0.25, -0.2) is 0 Å². The molecule has 0 N–H and O–H groups in total. The van der Waals surface area contributed by atoms with Gasteiger partial charge in [-0.2, -0.15) is 0 Å². The topological polar surface area (TPSA) is 22.2 Å². The zero-order valence-corrected chi connectivity index (χ0v) is 16.0. The number of ether oxygens (including phenoxy) is 1. The number of hydrogen-bond acceptors (Lipinski definition) is 5. The molecule has 4 aliphatic rings. The third-order valence-electron chi connectivity index (χ3n) is 6.06. The van der Waals surface area contributed by atoms with E-state index in [1.165, 1.54) is 71.5 Å². The molecule has 0 atom stereocenters. The second-order valence-electron chi connectivity index (χ2n) is 8.23. The first-order valence-corrected chi connectivity index (χ1v) is 10.1. The highest BCUT2D eigenvalue weighted by molar-refractivity contribution is 4.80. The van der Waals surface area contributed by atoms with Crippen molar-refractivity contribution in [1.29, 1.82) is 0 Å². The Morgan fingerprint density at radius 3 is 1.84 bits per heavy atom. The van der Waals surface area contributed by atoms with Crippen molar-refractivity contribution in [2.45, 2.75) is 39.2 Å². The summed E-state index contributed by atoms with van der Waals surface area (Å²) in [5.41, 5.74) is 0. The Balaban J connectivity index is 0.000000175. The molecule has 0 bridgehead atoms. The van der Waals surface area contributed by atoms with Crippen LogP contribution in [0.2, 0.25) is 0 Å². The van der Waals surface area contributed by atoms with Crippen LogP contribution in [-0.2, 0) is 4.74 Å². The Bertz CT molecular complexity index is 342. The van der Waals surface area contributed by atoms with Gasteiger partial charge in [-0.15, -0.1) is 0 Å². The summed E-state index contributed by atoms with van der Waals surface area (Å²) in [6.07, 6.45) is 5.67. The van der Waals surface area contributed by atoms with Crippen LogP contribution in [0.1, 0.15) is 33.1 Å². The normalized spacial score (nSPS) is 28.1. The minimum atomic E-state index is 0. The van der Waals surface area contributed by atoms with Crippen LogP contribution in [0.4, 0.5) is 0 Å². The predicted molar refractivity (Wildman–Crippen MR) is 106 cm³/mol. The van der Waals surface area contributed by atoms with Crippen molar-refractivity contribution in [1.82, 2.24) is 19.6 Å². The quantitative estimate of drug-likeness (QED) is 0.767. The molecule has 3 heterocycles. The van der Waals surface area contributed by atoms with Gasteiger partial charge in [0.2, 0.25) is 0 Å². The van der Waals surface area contributed by atoms with E-state index < -0.39 is 0 Å². The van der Waals surface area contributed by atoms with Gasteiger partial charge in [-0.3, -0.25) is 4.90 Å². The molecule has 5 heteroatoms. The van der Waals surface area contributed by atoms with Crippen LogP contribution >= 0.6 is 0 Å². The van der Waals surface area contributed by atoms with Crippen LogP contribution in [-0.4, -0.2) is 112 Å². The number of likely N-dealkylation sites (tertiary alicyclic amines) is 1. The molecule has 4 fully saturated rings. The fraction of sp³-hybridized carbons (Fsp3) is 1.00. The minimum Gasteiger partial charge on any atom is -0.379 e. The molecule has 25 heavy (non-hydrogen) atoms. The molecule has 1 saturated carbocycles. The average Bonchev–Trinajstić information content (AvgIpc) is 3.43. The maximum Gasteiger partial charge on any atom is 0.0594 e. The molecular weight excluding hydrogens is 312 g/mol. The van der Waals surface area contributed by atoms with E-state index in [1.54, 1.807) is 0 Å². The highest BCUT2D eigenvalue weighted by atomic mass is 16.5. The molecule has 0 spiro atoms. The van der Waals surface area contributed by atoms with E-state index in [4.69, 9.17) is 4.74 Å². The monoisotopic (exact) mass is 354 g/mol. The van der Waals surface area contributed by atoms with Gasteiger partial charge in [-0.05, 0) is 58.8 Å². The minimum absolute atomic E-state index is 0. The first-order chi connectivity index (χ1) is 11.7. The number of piperidine rings is 1. The van der Waals surface area contributed by atoms with E-state index in [2.05, 4.69) is 33.7 Å². The van der Waals surface area contributed by atoms with E-state index >= 15 is 0 Å². The van der Waals surface area contributed by atoms with Crippen LogP contribution in [0.3, 0.4) is 0 Å². The first-order valence-electron chi connectivity index (χ1n) is 10.1. The van der Waals surface area contributed by atoms with Crippen LogP contribution in [0.5, 0.6) is 0 Å². The standard InChI is InChI=1S/C10H20N2O.C9H18N2.CH4/c1-11-4-2-10(3-5-11)12-6-8-13-9-7-12;1-10-4-6-11(7-5-10)8-9-2-3-9;/h10H,2-9H2,1H3;9H,2-8H2,1H3;1H4. The molecular formula is C20H42N4O. The van der Waals surface area contributed by atoms with Crippen molar-refractivity contribution in [3.63, 3.8) is 0 Å². The maximum atomic E-state index is 5.36. The van der Waals surface area contributed by atoms with Gasteiger partial charge >= 0.3 is 0 Å². The summed E-state index contributed by atoms with van der Waals surface area (Å²) in [6, 6.07) is 0.833. The number of piperazine rings is 1. The van der Waals surface area contributed by atoms with E-state index in [-0.39, 0.29) is 7.43 Å². The van der Waals surface area contributed by atoms with Crippen molar-refractivity contribution >= 4 is 0 Å². The summed E-state index contributed by atoms with van der Waals surface area (Å²) in [7, 11) is 4.43. The summed E-state index contributed by atoms with van der Waals surface area (Å²) in [5.74, 6) is 1.07. The lowest BCUT2D eigenvalue weighted by atomic mass is 10.0. The molecule has 5 nitrogen and oxygen atoms in total. The Morgan fingerprint density at radius 2 is 1.28 bits per heavy atom. The van der Waals surface area contributed by atoms with Gasteiger partial charge in [0, 0.05) is 51.9 Å². The third-order valence-corrected chi connectivity index (χ3v) is 6.06. The molecule has 0 aromatic heterocycles.